The van der Waals surface area contributed by atoms with E-state index in [0.29, 0.717) is 0 Å². The number of hydrogen-bond donors (Lipinski definition) is 4. The molecule has 0 saturated carbocycles. The minimum Gasteiger partial charge on any atom is -0.479 e. The number of aliphatic carboxylic acids is 3. The van der Waals surface area contributed by atoms with Crippen molar-refractivity contribution in [3.05, 3.63) is 0 Å². The van der Waals surface area contributed by atoms with E-state index in [1.807, 2.05) is 0 Å². The summed E-state index contributed by atoms with van der Waals surface area (Å²) < 4.78 is 4.47. The van der Waals surface area contributed by atoms with Crippen LogP contribution in [0.5, 0.6) is 0 Å². The third-order valence-corrected chi connectivity index (χ3v) is 1.90. The summed E-state index contributed by atoms with van der Waals surface area (Å²) in [5, 5.41) is 34.7. The molecule has 0 amide bonds. The van der Waals surface area contributed by atoms with Gasteiger partial charge in [-0.2, -0.15) is 0 Å². The number of carboxylic acids is 3. The molecule has 0 aromatic heterocycles. The molecule has 0 radical (unpaired) electrons. The van der Waals surface area contributed by atoms with Gasteiger partial charge in [0.15, 0.2) is 6.10 Å². The van der Waals surface area contributed by atoms with Gasteiger partial charge in [-0.05, 0) is 6.42 Å². The van der Waals surface area contributed by atoms with E-state index in [0.717, 1.165) is 0 Å². The maximum atomic E-state index is 10.7. The molecule has 0 aromatic carbocycles. The molecule has 0 aliphatic rings. The first-order valence-corrected chi connectivity index (χ1v) is 4.30. The zero-order valence-electron chi connectivity index (χ0n) is 8.41. The lowest BCUT2D eigenvalue weighted by atomic mass is 10.1. The molecule has 8 heteroatoms. The summed E-state index contributed by atoms with van der Waals surface area (Å²) in [6.07, 6.45) is -1.74. The fourth-order valence-corrected chi connectivity index (χ4v) is 0.916. The number of carboxylic acid groups (broad SMARTS) is 3. The number of carbonyl (C=O) groups is 3. The summed E-state index contributed by atoms with van der Waals surface area (Å²) in [5.41, 5.74) is -2.95. The molecule has 0 aromatic rings. The van der Waals surface area contributed by atoms with E-state index in [2.05, 4.69) is 4.74 Å². The summed E-state index contributed by atoms with van der Waals surface area (Å²) in [6, 6.07) is 0. The highest BCUT2D eigenvalue weighted by Crippen LogP contribution is 2.16. The molecular weight excluding hydrogens is 224 g/mol. The molecule has 8 nitrogen and oxygen atoms in total. The molecule has 0 aliphatic heterocycles. The minimum atomic E-state index is -2.95. The van der Waals surface area contributed by atoms with Crippen LogP contribution in [-0.2, 0) is 19.1 Å². The molecule has 0 fully saturated rings. The molecule has 1 atom stereocenters. The Labute approximate surface area is 90.1 Å². The van der Waals surface area contributed by atoms with Gasteiger partial charge in [-0.1, -0.05) is 6.92 Å². The average molecular weight is 236 g/mol. The van der Waals surface area contributed by atoms with Crippen LogP contribution in [0.15, 0.2) is 0 Å². The number of ether oxygens (including phenoxy) is 1. The smallest absolute Gasteiger partial charge is 0.350 e. The highest BCUT2D eigenvalue weighted by molar-refractivity contribution is 6.02. The molecule has 0 spiro atoms. The van der Waals surface area contributed by atoms with Gasteiger partial charge in [-0.15, -0.1) is 0 Å². The molecule has 0 heterocycles. The quantitative estimate of drug-likeness (QED) is 0.402. The highest BCUT2D eigenvalue weighted by atomic mass is 16.6. The van der Waals surface area contributed by atoms with Gasteiger partial charge in [-0.3, -0.25) is 0 Å². The number of hydrogen-bond acceptors (Lipinski definition) is 5. The first-order chi connectivity index (χ1) is 7.31. The van der Waals surface area contributed by atoms with E-state index in [9.17, 15) is 14.4 Å². The van der Waals surface area contributed by atoms with Crippen LogP contribution >= 0.6 is 0 Å². The van der Waals surface area contributed by atoms with Crippen molar-refractivity contribution in [1.29, 1.82) is 0 Å². The van der Waals surface area contributed by atoms with Gasteiger partial charge in [0.2, 0.25) is 0 Å². The Bertz CT molecular complexity index is 282. The van der Waals surface area contributed by atoms with E-state index in [4.69, 9.17) is 20.4 Å². The zero-order valence-corrected chi connectivity index (χ0v) is 8.41. The highest BCUT2D eigenvalue weighted by Gasteiger charge is 2.50. The van der Waals surface area contributed by atoms with Crippen molar-refractivity contribution in [2.24, 2.45) is 0 Å². The van der Waals surface area contributed by atoms with Gasteiger partial charge in [0, 0.05) is 0 Å². The molecule has 0 rings (SSSR count). The lowest BCUT2D eigenvalue weighted by Crippen LogP contribution is -2.55. The second-order valence-corrected chi connectivity index (χ2v) is 2.95. The van der Waals surface area contributed by atoms with Crippen molar-refractivity contribution >= 4 is 17.9 Å². The van der Waals surface area contributed by atoms with E-state index in [1.165, 1.54) is 6.92 Å². The molecular formula is C8H12O8. The Balaban J connectivity index is 5.13. The number of aliphatic hydroxyl groups excluding tert-OH is 1. The Morgan fingerprint density at radius 2 is 1.62 bits per heavy atom. The lowest BCUT2D eigenvalue weighted by Gasteiger charge is -2.25. The third kappa shape index (κ3) is 2.67. The monoisotopic (exact) mass is 236 g/mol. The predicted octanol–water partition coefficient (Wildman–Crippen LogP) is -1.23. The molecule has 0 bridgehead atoms. The Morgan fingerprint density at radius 3 is 1.81 bits per heavy atom. The fourth-order valence-electron chi connectivity index (χ4n) is 0.916. The first kappa shape index (κ1) is 14.3. The average Bonchev–Trinajstić information content (AvgIpc) is 2.18. The number of aliphatic hydroxyl groups is 1. The van der Waals surface area contributed by atoms with Crippen LogP contribution in [-0.4, -0.2) is 56.6 Å². The summed E-state index contributed by atoms with van der Waals surface area (Å²) in [5.74, 6) is -5.41. The predicted molar refractivity (Wildman–Crippen MR) is 47.9 cm³/mol. The van der Waals surface area contributed by atoms with E-state index >= 15 is 0 Å². The van der Waals surface area contributed by atoms with Crippen molar-refractivity contribution in [1.82, 2.24) is 0 Å². The fraction of sp³-hybridized carbons (Fsp3) is 0.625. The van der Waals surface area contributed by atoms with E-state index in [-0.39, 0.29) is 6.42 Å². The van der Waals surface area contributed by atoms with Gasteiger partial charge in [-0.25, -0.2) is 14.4 Å². The van der Waals surface area contributed by atoms with Crippen molar-refractivity contribution in [3.8, 4) is 0 Å². The van der Waals surface area contributed by atoms with Crippen LogP contribution in [0.25, 0.3) is 0 Å². The summed E-state index contributed by atoms with van der Waals surface area (Å²) in [4.78, 5) is 32.0. The lowest BCUT2D eigenvalue weighted by molar-refractivity contribution is -0.200. The Hall–Kier alpha value is -1.67. The number of rotatable bonds is 7. The molecule has 4 N–H and O–H groups in total. The standard InChI is InChI=1S/C8H12O8/c1-2-4(5(10)11)16-8(3-9,6(12)13)7(14)15/h4,9H,2-3H2,1H3,(H,10,11)(H,12,13)(H,14,15). The summed E-state index contributed by atoms with van der Waals surface area (Å²) in [7, 11) is 0. The SMILES string of the molecule is CCC(OC(CO)(C(=O)O)C(=O)O)C(=O)O. The molecule has 0 saturated heterocycles. The van der Waals surface area contributed by atoms with Gasteiger partial charge >= 0.3 is 17.9 Å². The Morgan fingerprint density at radius 1 is 1.19 bits per heavy atom. The summed E-state index contributed by atoms with van der Waals surface area (Å²) in [6.45, 7) is 0.0199. The summed E-state index contributed by atoms with van der Waals surface area (Å²) >= 11 is 0. The molecule has 92 valence electrons. The molecule has 16 heavy (non-hydrogen) atoms. The van der Waals surface area contributed by atoms with Crippen molar-refractivity contribution < 1.29 is 39.5 Å². The van der Waals surface area contributed by atoms with Crippen LogP contribution in [0.3, 0.4) is 0 Å². The normalized spacial score (nSPS) is 13.1. The topological polar surface area (TPSA) is 141 Å². The third-order valence-electron chi connectivity index (χ3n) is 1.90. The molecule has 1 unspecified atom stereocenters. The second kappa shape index (κ2) is 5.42. The zero-order chi connectivity index (χ0) is 12.9. The van der Waals surface area contributed by atoms with Crippen LogP contribution in [0.1, 0.15) is 13.3 Å². The van der Waals surface area contributed by atoms with E-state index < -0.39 is 36.2 Å². The van der Waals surface area contributed by atoms with Gasteiger partial charge in [0.05, 0.1) is 6.61 Å². The Kier molecular flexibility index (Phi) is 4.86. The molecule has 0 aliphatic carbocycles. The van der Waals surface area contributed by atoms with Crippen LogP contribution < -0.4 is 0 Å². The first-order valence-electron chi connectivity index (χ1n) is 4.30. The van der Waals surface area contributed by atoms with E-state index in [1.54, 1.807) is 0 Å². The maximum Gasteiger partial charge on any atom is 0.350 e. The van der Waals surface area contributed by atoms with Crippen LogP contribution in [0.4, 0.5) is 0 Å². The van der Waals surface area contributed by atoms with Crippen LogP contribution in [0, 0.1) is 0 Å². The van der Waals surface area contributed by atoms with Gasteiger partial charge in [0.1, 0.15) is 0 Å². The van der Waals surface area contributed by atoms with Crippen molar-refractivity contribution in [2.45, 2.75) is 25.0 Å². The van der Waals surface area contributed by atoms with Crippen molar-refractivity contribution in [3.63, 3.8) is 0 Å². The van der Waals surface area contributed by atoms with Gasteiger partial charge in [0.25, 0.3) is 5.60 Å². The van der Waals surface area contributed by atoms with Crippen molar-refractivity contribution in [2.75, 3.05) is 6.61 Å². The minimum absolute atomic E-state index is 0.127. The maximum absolute atomic E-state index is 10.7. The van der Waals surface area contributed by atoms with Gasteiger partial charge < -0.3 is 25.2 Å². The largest absolute Gasteiger partial charge is 0.479 e. The van der Waals surface area contributed by atoms with Crippen LogP contribution in [0.2, 0.25) is 0 Å². The second-order valence-electron chi connectivity index (χ2n) is 2.95.